The molecule has 0 atom stereocenters. The molecule has 0 radical (unpaired) electrons. The zero-order valence-electron chi connectivity index (χ0n) is 18.3. The lowest BCUT2D eigenvalue weighted by Gasteiger charge is -2.10. The monoisotopic (exact) mass is 486 g/mol. The highest BCUT2D eigenvalue weighted by Crippen LogP contribution is 2.28. The Kier molecular flexibility index (Phi) is 6.40. The van der Waals surface area contributed by atoms with Crippen molar-refractivity contribution in [3.8, 4) is 17.1 Å². The summed E-state index contributed by atoms with van der Waals surface area (Å²) in [5.41, 5.74) is 2.80. The second-order valence-corrected chi connectivity index (χ2v) is 8.55. The van der Waals surface area contributed by atoms with Crippen molar-refractivity contribution in [2.24, 2.45) is 0 Å². The number of carbonyl (C=O) groups is 2. The highest BCUT2D eigenvalue weighted by molar-refractivity contribution is 7.99. The summed E-state index contributed by atoms with van der Waals surface area (Å²) in [6.45, 7) is -0.354. The summed E-state index contributed by atoms with van der Waals surface area (Å²) in [5.74, 6) is -0.725. The number of hydrogen-bond acceptors (Lipinski definition) is 6. The van der Waals surface area contributed by atoms with E-state index in [1.54, 1.807) is 22.9 Å². The molecular formula is C26H19FN4O3S. The molecule has 0 aliphatic heterocycles. The van der Waals surface area contributed by atoms with E-state index in [2.05, 4.69) is 15.2 Å². The standard InChI is InChI=1S/C26H19FN4O3S/c27-18-12-10-17(11-13-18)25-29-30-26(31(25)19-6-2-1-3-7-19)35-16-24(33)34-15-23(32)21-14-28-22-9-5-4-8-20(21)22/h1-14,28H,15-16H2. The van der Waals surface area contributed by atoms with Crippen LogP contribution in [0.5, 0.6) is 0 Å². The molecule has 1 N–H and O–H groups in total. The number of benzene rings is 3. The highest BCUT2D eigenvalue weighted by atomic mass is 32.2. The van der Waals surface area contributed by atoms with Crippen LogP contribution in [0.3, 0.4) is 0 Å². The molecule has 0 spiro atoms. The van der Waals surface area contributed by atoms with E-state index in [1.165, 1.54) is 12.1 Å². The Morgan fingerprint density at radius 1 is 0.943 bits per heavy atom. The van der Waals surface area contributed by atoms with Crippen molar-refractivity contribution >= 4 is 34.4 Å². The molecule has 0 saturated heterocycles. The maximum atomic E-state index is 13.4. The molecule has 9 heteroatoms. The van der Waals surface area contributed by atoms with Crippen molar-refractivity contribution in [2.45, 2.75) is 5.16 Å². The Morgan fingerprint density at radius 3 is 2.49 bits per heavy atom. The summed E-state index contributed by atoms with van der Waals surface area (Å²) in [6.07, 6.45) is 1.62. The molecule has 3 aromatic carbocycles. The van der Waals surface area contributed by atoms with E-state index in [1.807, 2.05) is 54.6 Å². The maximum absolute atomic E-state index is 13.4. The van der Waals surface area contributed by atoms with Gasteiger partial charge in [0.2, 0.25) is 5.78 Å². The number of hydrogen-bond donors (Lipinski definition) is 1. The third kappa shape index (κ3) is 4.85. The molecule has 0 amide bonds. The zero-order valence-corrected chi connectivity index (χ0v) is 19.2. The molecular weight excluding hydrogens is 467 g/mol. The number of aromatic nitrogens is 4. The smallest absolute Gasteiger partial charge is 0.316 e. The van der Waals surface area contributed by atoms with Crippen LogP contribution < -0.4 is 0 Å². The third-order valence-electron chi connectivity index (χ3n) is 5.32. The molecule has 0 aliphatic rings. The predicted molar refractivity (Wildman–Crippen MR) is 131 cm³/mol. The summed E-state index contributed by atoms with van der Waals surface area (Å²) >= 11 is 1.14. The number of ketones is 1. The molecule has 0 bridgehead atoms. The summed E-state index contributed by atoms with van der Waals surface area (Å²) in [7, 11) is 0. The fraction of sp³-hybridized carbons (Fsp3) is 0.0769. The fourth-order valence-electron chi connectivity index (χ4n) is 3.65. The average molecular weight is 487 g/mol. The minimum absolute atomic E-state index is 0.0600. The number of H-pyrrole nitrogens is 1. The van der Waals surface area contributed by atoms with Gasteiger partial charge in [-0.25, -0.2) is 4.39 Å². The molecule has 5 rings (SSSR count). The molecule has 0 saturated carbocycles. The molecule has 35 heavy (non-hydrogen) atoms. The van der Waals surface area contributed by atoms with Gasteiger partial charge in [-0.2, -0.15) is 0 Å². The van der Waals surface area contributed by atoms with Crippen LogP contribution in [-0.2, 0) is 9.53 Å². The molecule has 0 aliphatic carbocycles. The number of nitrogens with one attached hydrogen (secondary N) is 1. The largest absolute Gasteiger partial charge is 0.457 e. The van der Waals surface area contributed by atoms with Crippen LogP contribution in [0.15, 0.2) is 90.2 Å². The minimum Gasteiger partial charge on any atom is -0.457 e. The Hall–Kier alpha value is -4.24. The van der Waals surface area contributed by atoms with Gasteiger partial charge in [0.05, 0.1) is 5.75 Å². The topological polar surface area (TPSA) is 89.9 Å². The minimum atomic E-state index is -0.547. The van der Waals surface area contributed by atoms with Gasteiger partial charge in [0.1, 0.15) is 5.82 Å². The van der Waals surface area contributed by atoms with E-state index in [9.17, 15) is 14.0 Å². The molecule has 7 nitrogen and oxygen atoms in total. The molecule has 2 heterocycles. The number of aromatic amines is 1. The van der Waals surface area contributed by atoms with E-state index >= 15 is 0 Å². The van der Waals surface area contributed by atoms with E-state index in [0.717, 1.165) is 28.4 Å². The summed E-state index contributed by atoms with van der Waals surface area (Å²) in [4.78, 5) is 28.0. The number of para-hydroxylation sites is 2. The van der Waals surface area contributed by atoms with E-state index in [4.69, 9.17) is 4.74 Å². The molecule has 5 aromatic rings. The van der Waals surface area contributed by atoms with Crippen molar-refractivity contribution in [3.05, 3.63) is 96.4 Å². The van der Waals surface area contributed by atoms with Crippen molar-refractivity contribution in [1.82, 2.24) is 19.7 Å². The molecule has 0 unspecified atom stereocenters. The summed E-state index contributed by atoms with van der Waals surface area (Å²) in [6, 6.07) is 22.8. The Morgan fingerprint density at radius 2 is 1.69 bits per heavy atom. The zero-order chi connectivity index (χ0) is 24.2. The fourth-order valence-corrected chi connectivity index (χ4v) is 4.40. The van der Waals surface area contributed by atoms with Crippen LogP contribution in [0.4, 0.5) is 4.39 Å². The first kappa shape index (κ1) is 22.5. The van der Waals surface area contributed by atoms with Gasteiger partial charge in [-0.05, 0) is 42.5 Å². The van der Waals surface area contributed by atoms with Crippen LogP contribution in [0.25, 0.3) is 28.0 Å². The predicted octanol–water partition coefficient (Wildman–Crippen LogP) is 5.07. The Balaban J connectivity index is 1.29. The first-order chi connectivity index (χ1) is 17.1. The number of halogens is 1. The maximum Gasteiger partial charge on any atom is 0.316 e. The van der Waals surface area contributed by atoms with Crippen molar-refractivity contribution < 1.29 is 18.7 Å². The van der Waals surface area contributed by atoms with Gasteiger partial charge in [-0.3, -0.25) is 14.2 Å². The average Bonchev–Trinajstić information content (AvgIpc) is 3.52. The second-order valence-electron chi connectivity index (χ2n) is 7.60. The van der Waals surface area contributed by atoms with E-state index in [-0.39, 0.29) is 24.0 Å². The van der Waals surface area contributed by atoms with Crippen molar-refractivity contribution in [1.29, 1.82) is 0 Å². The quantitative estimate of drug-likeness (QED) is 0.187. The van der Waals surface area contributed by atoms with Gasteiger partial charge >= 0.3 is 5.97 Å². The van der Waals surface area contributed by atoms with Crippen LogP contribution in [0.2, 0.25) is 0 Å². The summed E-state index contributed by atoms with van der Waals surface area (Å²) < 4.78 is 20.4. The van der Waals surface area contributed by atoms with Crippen LogP contribution in [0, 0.1) is 5.82 Å². The number of nitrogens with zero attached hydrogens (tertiary/aromatic N) is 3. The lowest BCUT2D eigenvalue weighted by molar-refractivity contribution is -0.139. The number of esters is 1. The van der Waals surface area contributed by atoms with Gasteiger partial charge in [0.25, 0.3) is 0 Å². The first-order valence-corrected chi connectivity index (χ1v) is 11.7. The number of carbonyl (C=O) groups excluding carboxylic acids is 2. The highest BCUT2D eigenvalue weighted by Gasteiger charge is 2.19. The molecule has 0 fully saturated rings. The normalized spacial score (nSPS) is 11.0. The Labute approximate surface area is 204 Å². The lowest BCUT2D eigenvalue weighted by Crippen LogP contribution is -2.15. The third-order valence-corrected chi connectivity index (χ3v) is 6.23. The van der Waals surface area contributed by atoms with Gasteiger partial charge in [-0.1, -0.05) is 48.2 Å². The summed E-state index contributed by atoms with van der Waals surface area (Å²) in [5, 5.41) is 9.76. The van der Waals surface area contributed by atoms with Crippen molar-refractivity contribution in [2.75, 3.05) is 12.4 Å². The van der Waals surface area contributed by atoms with Crippen LogP contribution in [-0.4, -0.2) is 43.9 Å². The number of thioether (sulfide) groups is 1. The lowest BCUT2D eigenvalue weighted by atomic mass is 10.1. The van der Waals surface area contributed by atoms with Gasteiger partial charge < -0.3 is 9.72 Å². The number of fused-ring (bicyclic) bond motifs is 1. The number of Topliss-reactive ketones (excluding diaryl/α,β-unsaturated/α-hetero) is 1. The van der Waals surface area contributed by atoms with Gasteiger partial charge in [0.15, 0.2) is 17.6 Å². The Bertz CT molecular complexity index is 1500. The van der Waals surface area contributed by atoms with E-state index in [0.29, 0.717) is 22.1 Å². The van der Waals surface area contributed by atoms with Crippen LogP contribution in [0.1, 0.15) is 10.4 Å². The SMILES string of the molecule is O=C(CSc1nnc(-c2ccc(F)cc2)n1-c1ccccc1)OCC(=O)c1c[nH]c2ccccc12. The molecule has 174 valence electrons. The van der Waals surface area contributed by atoms with Gasteiger partial charge in [0, 0.05) is 33.9 Å². The second kappa shape index (κ2) is 9.94. The molecule has 2 aromatic heterocycles. The van der Waals surface area contributed by atoms with Crippen molar-refractivity contribution in [3.63, 3.8) is 0 Å². The number of rotatable bonds is 8. The first-order valence-electron chi connectivity index (χ1n) is 10.7. The number of ether oxygens (including phenoxy) is 1. The van der Waals surface area contributed by atoms with Crippen LogP contribution >= 0.6 is 11.8 Å². The van der Waals surface area contributed by atoms with Gasteiger partial charge in [-0.15, -0.1) is 10.2 Å². The van der Waals surface area contributed by atoms with E-state index < -0.39 is 5.97 Å².